The van der Waals surface area contributed by atoms with Gasteiger partial charge < -0.3 is 18.6 Å². The summed E-state index contributed by atoms with van der Waals surface area (Å²) in [6.45, 7) is 0. The van der Waals surface area contributed by atoms with Crippen molar-refractivity contribution < 1.29 is 0 Å². The Morgan fingerprint density at radius 3 is 1.28 bits per heavy atom. The number of para-hydroxylation sites is 6. The summed E-state index contributed by atoms with van der Waals surface area (Å²) in [6.07, 6.45) is 0. The second-order valence-electron chi connectivity index (χ2n) is 16.5. The van der Waals surface area contributed by atoms with E-state index in [9.17, 15) is 0 Å². The van der Waals surface area contributed by atoms with Crippen LogP contribution in [0.5, 0.6) is 0 Å². The smallest absolute Gasteiger partial charge is 0.0561 e. The van der Waals surface area contributed by atoms with E-state index >= 15 is 0 Å². The zero-order chi connectivity index (χ0) is 42.1. The first kappa shape index (κ1) is 36.1. The Hall–Kier alpha value is -8.60. The molecule has 13 aromatic rings. The number of rotatable bonds is 7. The molecule has 0 bridgehead atoms. The van der Waals surface area contributed by atoms with Crippen molar-refractivity contribution >= 4 is 82.5 Å². The predicted octanol–water partition coefficient (Wildman–Crippen LogP) is 16.1. The molecule has 3 aromatic heterocycles. The molecule has 0 spiro atoms. The summed E-state index contributed by atoms with van der Waals surface area (Å²) in [7, 11) is 0. The van der Waals surface area contributed by atoms with Crippen LogP contribution in [0.2, 0.25) is 0 Å². The molecule has 0 unspecified atom stereocenters. The molecule has 0 fully saturated rings. The normalized spacial score (nSPS) is 11.8. The van der Waals surface area contributed by atoms with Crippen LogP contribution in [0.15, 0.2) is 243 Å². The lowest BCUT2D eigenvalue weighted by Gasteiger charge is -2.27. The van der Waals surface area contributed by atoms with Gasteiger partial charge in [0.1, 0.15) is 0 Å². The topological polar surface area (TPSA) is 18.0 Å². The molecule has 4 heteroatoms. The first-order valence-corrected chi connectivity index (χ1v) is 21.9. The monoisotopic (exact) mass is 816 g/mol. The van der Waals surface area contributed by atoms with E-state index in [1.807, 2.05) is 0 Å². The minimum Gasteiger partial charge on any atom is -0.310 e. The quantitative estimate of drug-likeness (QED) is 0.157. The Morgan fingerprint density at radius 2 is 0.672 bits per heavy atom. The maximum Gasteiger partial charge on any atom is 0.0561 e. The van der Waals surface area contributed by atoms with Crippen molar-refractivity contribution in [3.8, 4) is 28.2 Å². The van der Waals surface area contributed by atoms with Crippen LogP contribution >= 0.6 is 0 Å². The molecule has 64 heavy (non-hydrogen) atoms. The Balaban J connectivity index is 1.02. The van der Waals surface area contributed by atoms with E-state index in [-0.39, 0.29) is 0 Å². The molecule has 0 saturated heterocycles. The van der Waals surface area contributed by atoms with Gasteiger partial charge in [-0.2, -0.15) is 0 Å². The molecule has 4 nitrogen and oxygen atoms in total. The van der Waals surface area contributed by atoms with E-state index in [4.69, 9.17) is 0 Å². The molecule has 0 atom stereocenters. The van der Waals surface area contributed by atoms with Crippen molar-refractivity contribution in [3.05, 3.63) is 243 Å². The highest BCUT2D eigenvalue weighted by atomic mass is 15.1. The molecule has 10 aromatic carbocycles. The van der Waals surface area contributed by atoms with E-state index in [1.165, 1.54) is 65.5 Å². The standard InChI is InChI=1S/C60H40N4/c1-3-18-42(19-4-1)63-57-31-14-10-26-53(57)60-48(27-16-32-58(60)63)41-17-15-22-46(39-41)61(44-33-35-45(36-34-44)62-54-28-11-7-23-49(54)50-24-8-12-29-55(50)62)47-37-38-52-51-25-9-13-30-56(51)64(59(52)40-47)43-20-5-2-6-21-43/h1-40H. The minimum atomic E-state index is 1.07. The predicted molar refractivity (Wildman–Crippen MR) is 270 cm³/mol. The number of anilines is 3. The maximum atomic E-state index is 2.42. The minimum absolute atomic E-state index is 1.07. The lowest BCUT2D eigenvalue weighted by Crippen LogP contribution is -2.10. The fourth-order valence-corrected chi connectivity index (χ4v) is 10.3. The highest BCUT2D eigenvalue weighted by Gasteiger charge is 2.21. The van der Waals surface area contributed by atoms with E-state index < -0.39 is 0 Å². The fraction of sp³-hybridized carbons (Fsp3) is 0. The van der Waals surface area contributed by atoms with E-state index in [1.54, 1.807) is 0 Å². The van der Waals surface area contributed by atoms with Gasteiger partial charge in [0.15, 0.2) is 0 Å². The van der Waals surface area contributed by atoms with Gasteiger partial charge in [-0.25, -0.2) is 0 Å². The van der Waals surface area contributed by atoms with Crippen molar-refractivity contribution in [3.63, 3.8) is 0 Å². The Kier molecular flexibility index (Phi) is 8.18. The highest BCUT2D eigenvalue weighted by molar-refractivity contribution is 6.16. The zero-order valence-electron chi connectivity index (χ0n) is 34.9. The molecule has 0 radical (unpaired) electrons. The summed E-state index contributed by atoms with van der Waals surface area (Å²) >= 11 is 0. The third-order valence-corrected chi connectivity index (χ3v) is 13.0. The Labute approximate surface area is 370 Å². The molecule has 0 amide bonds. The van der Waals surface area contributed by atoms with Gasteiger partial charge in [-0.15, -0.1) is 0 Å². The van der Waals surface area contributed by atoms with Crippen LogP contribution in [-0.4, -0.2) is 13.7 Å². The van der Waals surface area contributed by atoms with Crippen LogP contribution in [0.25, 0.3) is 93.6 Å². The molecule has 3 heterocycles. The van der Waals surface area contributed by atoms with Crippen LogP contribution < -0.4 is 4.90 Å². The Bertz CT molecular complexity index is 3840. The lowest BCUT2D eigenvalue weighted by molar-refractivity contribution is 1.17. The third kappa shape index (κ3) is 5.56. The van der Waals surface area contributed by atoms with Crippen molar-refractivity contribution in [2.45, 2.75) is 0 Å². The molecular weight excluding hydrogens is 777 g/mol. The van der Waals surface area contributed by atoms with Gasteiger partial charge in [0, 0.05) is 66.4 Å². The SMILES string of the molecule is c1ccc(-n2c3ccccc3c3ccc(N(c4ccc(-n5c6ccccc6c6ccccc65)cc4)c4cccc(-c5cccc6c5c5ccccc5n6-c5ccccc5)c4)cc32)cc1. The number of benzene rings is 10. The summed E-state index contributed by atoms with van der Waals surface area (Å²) < 4.78 is 7.18. The molecule has 0 aliphatic carbocycles. The Morgan fingerprint density at radius 1 is 0.250 bits per heavy atom. The van der Waals surface area contributed by atoms with Crippen LogP contribution in [0.1, 0.15) is 0 Å². The van der Waals surface area contributed by atoms with Gasteiger partial charge in [0.25, 0.3) is 0 Å². The average molecular weight is 817 g/mol. The van der Waals surface area contributed by atoms with Gasteiger partial charge in [-0.05, 0) is 114 Å². The number of hydrogen-bond donors (Lipinski definition) is 0. The van der Waals surface area contributed by atoms with Crippen molar-refractivity contribution in [2.75, 3.05) is 4.90 Å². The van der Waals surface area contributed by atoms with Crippen LogP contribution in [0.3, 0.4) is 0 Å². The summed E-state index contributed by atoms with van der Waals surface area (Å²) in [6, 6.07) is 88.2. The maximum absolute atomic E-state index is 2.42. The highest BCUT2D eigenvalue weighted by Crippen LogP contribution is 2.44. The second-order valence-corrected chi connectivity index (χ2v) is 16.5. The summed E-state index contributed by atoms with van der Waals surface area (Å²) in [5, 5.41) is 7.45. The molecule has 0 N–H and O–H groups in total. The average Bonchev–Trinajstić information content (AvgIpc) is 4.01. The van der Waals surface area contributed by atoms with E-state index in [2.05, 4.69) is 261 Å². The van der Waals surface area contributed by atoms with Gasteiger partial charge in [-0.3, -0.25) is 0 Å². The van der Waals surface area contributed by atoms with Crippen molar-refractivity contribution in [1.29, 1.82) is 0 Å². The molecular formula is C60H40N4. The second kappa shape index (κ2) is 14.5. The van der Waals surface area contributed by atoms with Crippen LogP contribution in [-0.2, 0) is 0 Å². The molecule has 300 valence electrons. The molecule has 13 rings (SSSR count). The van der Waals surface area contributed by atoms with Crippen LogP contribution in [0, 0.1) is 0 Å². The summed E-state index contributed by atoms with van der Waals surface area (Å²) in [5.74, 6) is 0. The number of fused-ring (bicyclic) bond motifs is 9. The number of aromatic nitrogens is 3. The first-order chi connectivity index (χ1) is 31.8. The van der Waals surface area contributed by atoms with Gasteiger partial charge in [0.05, 0.1) is 33.1 Å². The van der Waals surface area contributed by atoms with Crippen molar-refractivity contribution in [1.82, 2.24) is 13.7 Å². The molecule has 0 aliphatic rings. The van der Waals surface area contributed by atoms with E-state index in [0.717, 1.165) is 45.2 Å². The lowest BCUT2D eigenvalue weighted by atomic mass is 9.98. The largest absolute Gasteiger partial charge is 0.310 e. The summed E-state index contributed by atoms with van der Waals surface area (Å²) in [5.41, 5.74) is 16.1. The van der Waals surface area contributed by atoms with Gasteiger partial charge in [0.2, 0.25) is 0 Å². The zero-order valence-corrected chi connectivity index (χ0v) is 34.9. The molecule has 0 aliphatic heterocycles. The van der Waals surface area contributed by atoms with Crippen LogP contribution in [0.4, 0.5) is 17.1 Å². The first-order valence-electron chi connectivity index (χ1n) is 21.9. The van der Waals surface area contributed by atoms with Gasteiger partial charge >= 0.3 is 0 Å². The number of nitrogens with zero attached hydrogens (tertiary/aromatic N) is 4. The molecule has 0 saturated carbocycles. The van der Waals surface area contributed by atoms with Crippen molar-refractivity contribution in [2.24, 2.45) is 0 Å². The number of hydrogen-bond acceptors (Lipinski definition) is 1. The third-order valence-electron chi connectivity index (χ3n) is 13.0. The fourth-order valence-electron chi connectivity index (χ4n) is 10.3. The summed E-state index contributed by atoms with van der Waals surface area (Å²) in [4.78, 5) is 2.42. The van der Waals surface area contributed by atoms with E-state index in [0.29, 0.717) is 0 Å². The van der Waals surface area contributed by atoms with Gasteiger partial charge in [-0.1, -0.05) is 140 Å².